The van der Waals surface area contributed by atoms with Crippen molar-refractivity contribution in [1.82, 2.24) is 4.90 Å². The van der Waals surface area contributed by atoms with Crippen molar-refractivity contribution >= 4 is 5.91 Å². The number of likely N-dealkylation sites (tertiary alicyclic amines) is 1. The summed E-state index contributed by atoms with van der Waals surface area (Å²) in [7, 11) is 0. The van der Waals surface area contributed by atoms with E-state index in [1.807, 2.05) is 29.2 Å². The summed E-state index contributed by atoms with van der Waals surface area (Å²) in [6.45, 7) is 6.49. The molecule has 2 rings (SSSR count). The molecule has 0 radical (unpaired) electrons. The summed E-state index contributed by atoms with van der Waals surface area (Å²) in [5, 5.41) is 0. The molecule has 110 valence electrons. The molecular weight excluding hydrogens is 252 g/mol. The molecule has 0 aromatic heterocycles. The Hall–Kier alpha value is -1.55. The Morgan fingerprint density at radius 1 is 1.40 bits per heavy atom. The molecule has 1 aliphatic heterocycles. The molecule has 1 heterocycles. The van der Waals surface area contributed by atoms with E-state index in [1.165, 1.54) is 5.56 Å². The third kappa shape index (κ3) is 3.51. The van der Waals surface area contributed by atoms with Crippen molar-refractivity contribution in [3.63, 3.8) is 0 Å². The van der Waals surface area contributed by atoms with Gasteiger partial charge in [0.25, 0.3) is 5.91 Å². The third-order valence-electron chi connectivity index (χ3n) is 4.10. The smallest absolute Gasteiger partial charge is 0.260 e. The van der Waals surface area contributed by atoms with Gasteiger partial charge in [0.2, 0.25) is 0 Å². The van der Waals surface area contributed by atoms with Gasteiger partial charge < -0.3 is 15.4 Å². The lowest BCUT2D eigenvalue weighted by atomic mass is 9.90. The number of ether oxygens (including phenoxy) is 1. The second-order valence-corrected chi connectivity index (χ2v) is 5.87. The number of hydrogen-bond acceptors (Lipinski definition) is 3. The Bertz CT molecular complexity index is 458. The maximum Gasteiger partial charge on any atom is 0.260 e. The number of amides is 1. The van der Waals surface area contributed by atoms with Crippen LogP contribution in [0.5, 0.6) is 5.75 Å². The molecule has 1 aromatic carbocycles. The van der Waals surface area contributed by atoms with Gasteiger partial charge in [-0.1, -0.05) is 26.0 Å². The van der Waals surface area contributed by atoms with Crippen molar-refractivity contribution in [3.05, 3.63) is 29.8 Å². The van der Waals surface area contributed by atoms with Crippen molar-refractivity contribution < 1.29 is 9.53 Å². The SMILES string of the molecule is CCc1ccc(OCC(=O)N2CCC(C)(CN)C2)cc1. The average molecular weight is 276 g/mol. The number of nitrogens with zero attached hydrogens (tertiary/aromatic N) is 1. The Morgan fingerprint density at radius 2 is 2.10 bits per heavy atom. The van der Waals surface area contributed by atoms with E-state index < -0.39 is 0 Å². The van der Waals surface area contributed by atoms with Gasteiger partial charge in [-0.2, -0.15) is 0 Å². The second kappa shape index (κ2) is 6.27. The van der Waals surface area contributed by atoms with E-state index in [2.05, 4.69) is 13.8 Å². The summed E-state index contributed by atoms with van der Waals surface area (Å²) >= 11 is 0. The molecule has 1 aromatic rings. The molecule has 2 N–H and O–H groups in total. The van der Waals surface area contributed by atoms with Gasteiger partial charge in [-0.25, -0.2) is 0 Å². The van der Waals surface area contributed by atoms with E-state index >= 15 is 0 Å². The third-order valence-corrected chi connectivity index (χ3v) is 4.10. The van der Waals surface area contributed by atoms with E-state index in [9.17, 15) is 4.79 Å². The monoisotopic (exact) mass is 276 g/mol. The molecule has 1 atom stereocenters. The van der Waals surface area contributed by atoms with Crippen LogP contribution in [0.1, 0.15) is 25.8 Å². The van der Waals surface area contributed by atoms with E-state index in [-0.39, 0.29) is 17.9 Å². The molecule has 20 heavy (non-hydrogen) atoms. The first-order valence-corrected chi connectivity index (χ1v) is 7.26. The van der Waals surface area contributed by atoms with Crippen molar-refractivity contribution in [3.8, 4) is 5.75 Å². The highest BCUT2D eigenvalue weighted by atomic mass is 16.5. The van der Waals surface area contributed by atoms with Gasteiger partial charge >= 0.3 is 0 Å². The lowest BCUT2D eigenvalue weighted by Crippen LogP contribution is -2.36. The molecule has 0 saturated carbocycles. The predicted octanol–water partition coefficient (Wildman–Crippen LogP) is 1.83. The van der Waals surface area contributed by atoms with E-state index in [4.69, 9.17) is 10.5 Å². The molecular formula is C16H24N2O2. The maximum atomic E-state index is 12.1. The fourth-order valence-corrected chi connectivity index (χ4v) is 2.46. The van der Waals surface area contributed by atoms with Gasteiger partial charge in [0.05, 0.1) is 0 Å². The van der Waals surface area contributed by atoms with Crippen LogP contribution in [0.3, 0.4) is 0 Å². The van der Waals surface area contributed by atoms with Crippen molar-refractivity contribution in [2.24, 2.45) is 11.1 Å². The van der Waals surface area contributed by atoms with Crippen molar-refractivity contribution in [2.75, 3.05) is 26.2 Å². The minimum absolute atomic E-state index is 0.0433. The van der Waals surface area contributed by atoms with Crippen LogP contribution in [0, 0.1) is 5.41 Å². The topological polar surface area (TPSA) is 55.6 Å². The van der Waals surface area contributed by atoms with Crippen LogP contribution < -0.4 is 10.5 Å². The van der Waals surface area contributed by atoms with Gasteiger partial charge in [0, 0.05) is 13.1 Å². The quantitative estimate of drug-likeness (QED) is 0.892. The Morgan fingerprint density at radius 3 is 2.65 bits per heavy atom. The average Bonchev–Trinajstić information content (AvgIpc) is 2.89. The number of carbonyl (C=O) groups excluding carboxylic acids is 1. The summed E-state index contributed by atoms with van der Waals surface area (Å²) in [4.78, 5) is 14.0. The maximum absolute atomic E-state index is 12.1. The summed E-state index contributed by atoms with van der Waals surface area (Å²) in [5.74, 6) is 0.790. The number of benzene rings is 1. The summed E-state index contributed by atoms with van der Waals surface area (Å²) in [5.41, 5.74) is 7.09. The molecule has 4 nitrogen and oxygen atoms in total. The van der Waals surface area contributed by atoms with Gasteiger partial charge in [-0.15, -0.1) is 0 Å². The van der Waals surface area contributed by atoms with Crippen LogP contribution in [0.25, 0.3) is 0 Å². The molecule has 1 saturated heterocycles. The largest absolute Gasteiger partial charge is 0.484 e. The summed E-state index contributed by atoms with van der Waals surface area (Å²) in [6.07, 6.45) is 1.98. The highest BCUT2D eigenvalue weighted by Gasteiger charge is 2.34. The molecule has 0 spiro atoms. The Kier molecular flexibility index (Phi) is 4.65. The minimum Gasteiger partial charge on any atom is -0.484 e. The van der Waals surface area contributed by atoms with Gasteiger partial charge in [0.1, 0.15) is 5.75 Å². The van der Waals surface area contributed by atoms with Gasteiger partial charge in [-0.3, -0.25) is 4.79 Å². The molecule has 4 heteroatoms. The number of nitrogens with two attached hydrogens (primary N) is 1. The molecule has 0 aliphatic carbocycles. The van der Waals surface area contributed by atoms with Crippen LogP contribution in [0.15, 0.2) is 24.3 Å². The normalized spacial score (nSPS) is 22.1. The van der Waals surface area contributed by atoms with Gasteiger partial charge in [0.15, 0.2) is 6.61 Å². The molecule has 1 unspecified atom stereocenters. The lowest BCUT2D eigenvalue weighted by Gasteiger charge is -2.22. The molecule has 1 amide bonds. The van der Waals surface area contributed by atoms with Crippen LogP contribution in [0.4, 0.5) is 0 Å². The zero-order chi connectivity index (χ0) is 14.6. The van der Waals surface area contributed by atoms with Crippen LogP contribution in [0.2, 0.25) is 0 Å². The fourth-order valence-electron chi connectivity index (χ4n) is 2.46. The minimum atomic E-state index is 0.0433. The van der Waals surface area contributed by atoms with E-state index in [0.717, 1.165) is 31.7 Å². The zero-order valence-corrected chi connectivity index (χ0v) is 12.4. The van der Waals surface area contributed by atoms with E-state index in [0.29, 0.717) is 6.54 Å². The first-order valence-electron chi connectivity index (χ1n) is 7.26. The van der Waals surface area contributed by atoms with Crippen LogP contribution in [-0.4, -0.2) is 37.0 Å². The van der Waals surface area contributed by atoms with Crippen LogP contribution >= 0.6 is 0 Å². The van der Waals surface area contributed by atoms with Crippen molar-refractivity contribution in [1.29, 1.82) is 0 Å². The molecule has 0 bridgehead atoms. The lowest BCUT2D eigenvalue weighted by molar-refractivity contribution is -0.132. The predicted molar refractivity (Wildman–Crippen MR) is 79.7 cm³/mol. The highest BCUT2D eigenvalue weighted by molar-refractivity contribution is 5.78. The standard InChI is InChI=1S/C16H24N2O2/c1-3-13-4-6-14(7-5-13)20-10-15(19)18-9-8-16(2,11-17)12-18/h4-7H,3,8-12,17H2,1-2H3. The van der Waals surface area contributed by atoms with E-state index in [1.54, 1.807) is 0 Å². The summed E-state index contributed by atoms with van der Waals surface area (Å²) in [6, 6.07) is 7.89. The molecule has 1 fully saturated rings. The second-order valence-electron chi connectivity index (χ2n) is 5.87. The Labute approximate surface area is 120 Å². The number of rotatable bonds is 5. The van der Waals surface area contributed by atoms with Crippen LogP contribution in [-0.2, 0) is 11.2 Å². The fraction of sp³-hybridized carbons (Fsp3) is 0.562. The zero-order valence-electron chi connectivity index (χ0n) is 12.4. The van der Waals surface area contributed by atoms with Crippen molar-refractivity contribution in [2.45, 2.75) is 26.7 Å². The van der Waals surface area contributed by atoms with Gasteiger partial charge in [-0.05, 0) is 42.5 Å². The number of hydrogen-bond donors (Lipinski definition) is 1. The Balaban J connectivity index is 1.83. The first kappa shape index (κ1) is 14.9. The first-order chi connectivity index (χ1) is 9.56. The number of carbonyl (C=O) groups is 1. The highest BCUT2D eigenvalue weighted by Crippen LogP contribution is 2.28. The summed E-state index contributed by atoms with van der Waals surface area (Å²) < 4.78 is 5.56. The number of aryl methyl sites for hydroxylation is 1. The molecule has 1 aliphatic rings.